The molecule has 0 aliphatic heterocycles. The lowest BCUT2D eigenvalue weighted by Crippen LogP contribution is -2.14. The van der Waals surface area contributed by atoms with Crippen LogP contribution in [0.25, 0.3) is 16.9 Å². The van der Waals surface area contributed by atoms with Gasteiger partial charge in [0, 0.05) is 17.1 Å². The number of pyridine rings is 1. The number of carbonyl (C=O) groups is 1. The molecule has 1 N–H and O–H groups in total. The van der Waals surface area contributed by atoms with E-state index in [1.54, 1.807) is 22.0 Å². The van der Waals surface area contributed by atoms with Crippen molar-refractivity contribution in [2.24, 2.45) is 0 Å². The Morgan fingerprint density at radius 3 is 2.83 bits per heavy atom. The Kier molecular flexibility index (Phi) is 5.68. The number of hydrogen-bond donors (Lipinski definition) is 1. The Morgan fingerprint density at radius 1 is 1.21 bits per heavy atom. The lowest BCUT2D eigenvalue weighted by atomic mass is 10.2. The quantitative estimate of drug-likeness (QED) is 0.406. The molecule has 0 radical (unpaired) electrons. The molecule has 12 heteroatoms. The van der Waals surface area contributed by atoms with E-state index in [2.05, 4.69) is 20.5 Å². The number of nitrogens with zero attached hydrogens (tertiary/aromatic N) is 4. The first kappa shape index (κ1) is 20.0. The summed E-state index contributed by atoms with van der Waals surface area (Å²) in [5.41, 5.74) is 1.29. The summed E-state index contributed by atoms with van der Waals surface area (Å²) >= 11 is 14.4. The minimum atomic E-state index is -0.960. The topological polar surface area (TPSA) is 72.2 Å². The number of halogens is 4. The van der Waals surface area contributed by atoms with E-state index in [-0.39, 0.29) is 11.7 Å². The summed E-state index contributed by atoms with van der Waals surface area (Å²) in [4.78, 5) is 16.5. The number of benzene rings is 1. The Balaban J connectivity index is 1.42. The molecule has 3 aromatic heterocycles. The van der Waals surface area contributed by atoms with Crippen LogP contribution in [-0.4, -0.2) is 31.2 Å². The number of nitrogens with one attached hydrogen (secondary N) is 1. The summed E-state index contributed by atoms with van der Waals surface area (Å²) in [7, 11) is 0. The number of rotatable bonds is 5. The molecule has 0 unspecified atom stereocenters. The van der Waals surface area contributed by atoms with Crippen LogP contribution in [0.2, 0.25) is 10.0 Å². The number of thiazole rings is 1. The predicted molar refractivity (Wildman–Crippen MR) is 110 cm³/mol. The van der Waals surface area contributed by atoms with Gasteiger partial charge >= 0.3 is 0 Å². The summed E-state index contributed by atoms with van der Waals surface area (Å²) < 4.78 is 28.0. The molecule has 6 nitrogen and oxygen atoms in total. The number of carbonyl (C=O) groups excluding carboxylic acids is 1. The monoisotopic (exact) mass is 471 g/mol. The number of fused-ring (bicyclic) bond motifs is 1. The zero-order valence-electron chi connectivity index (χ0n) is 14.2. The third kappa shape index (κ3) is 4.35. The number of anilines is 1. The zero-order valence-corrected chi connectivity index (χ0v) is 17.3. The minimum absolute atomic E-state index is 0.0466. The second kappa shape index (κ2) is 8.23. The Morgan fingerprint density at radius 2 is 2.03 bits per heavy atom. The highest BCUT2D eigenvalue weighted by Crippen LogP contribution is 2.27. The number of thioether (sulfide) groups is 1. The van der Waals surface area contributed by atoms with E-state index in [0.29, 0.717) is 37.2 Å². The molecule has 0 bridgehead atoms. The third-order valence-electron chi connectivity index (χ3n) is 3.69. The van der Waals surface area contributed by atoms with Gasteiger partial charge in [0.15, 0.2) is 27.6 Å². The fourth-order valence-electron chi connectivity index (χ4n) is 2.41. The van der Waals surface area contributed by atoms with Crippen LogP contribution in [0.15, 0.2) is 41.0 Å². The molecule has 1 aromatic carbocycles. The summed E-state index contributed by atoms with van der Waals surface area (Å²) in [6.45, 7) is 0. The average molecular weight is 472 g/mol. The molecule has 0 aliphatic rings. The van der Waals surface area contributed by atoms with Crippen LogP contribution in [0, 0.1) is 11.6 Å². The van der Waals surface area contributed by atoms with E-state index in [4.69, 9.17) is 23.2 Å². The average Bonchev–Trinajstić information content (AvgIpc) is 3.29. The first-order valence-corrected chi connectivity index (χ1v) is 10.6. The summed E-state index contributed by atoms with van der Waals surface area (Å²) in [5, 5.41) is 13.9. The molecule has 0 saturated carbocycles. The van der Waals surface area contributed by atoms with Gasteiger partial charge in [0.1, 0.15) is 0 Å². The SMILES string of the molecule is O=C(CSc1nnc2c(Cl)cc(Cl)cn12)Nc1nc(-c2ccc(F)c(F)c2)cs1. The molecular weight excluding hydrogens is 463 g/mol. The first-order valence-electron chi connectivity index (χ1n) is 7.94. The van der Waals surface area contributed by atoms with Crippen molar-refractivity contribution in [3.8, 4) is 11.3 Å². The zero-order chi connectivity index (χ0) is 20.5. The van der Waals surface area contributed by atoms with Crippen molar-refractivity contribution in [1.29, 1.82) is 0 Å². The fraction of sp³-hybridized carbons (Fsp3) is 0.0588. The molecule has 0 saturated heterocycles. The van der Waals surface area contributed by atoms with Crippen molar-refractivity contribution >= 4 is 63.0 Å². The van der Waals surface area contributed by atoms with Gasteiger partial charge in [-0.2, -0.15) is 0 Å². The highest BCUT2D eigenvalue weighted by Gasteiger charge is 2.14. The molecule has 1 amide bonds. The van der Waals surface area contributed by atoms with Gasteiger partial charge < -0.3 is 5.32 Å². The van der Waals surface area contributed by atoms with Gasteiger partial charge in [0.25, 0.3) is 0 Å². The normalized spacial score (nSPS) is 11.2. The molecule has 0 spiro atoms. The van der Waals surface area contributed by atoms with E-state index in [9.17, 15) is 13.6 Å². The van der Waals surface area contributed by atoms with E-state index >= 15 is 0 Å². The van der Waals surface area contributed by atoms with Crippen molar-refractivity contribution in [1.82, 2.24) is 19.6 Å². The van der Waals surface area contributed by atoms with Gasteiger partial charge in [-0.3, -0.25) is 9.20 Å². The van der Waals surface area contributed by atoms with Crippen molar-refractivity contribution in [2.45, 2.75) is 5.16 Å². The minimum Gasteiger partial charge on any atom is -0.301 e. The van der Waals surface area contributed by atoms with Gasteiger partial charge in [0.05, 0.1) is 21.5 Å². The van der Waals surface area contributed by atoms with Crippen LogP contribution in [0.4, 0.5) is 13.9 Å². The predicted octanol–water partition coefficient (Wildman–Crippen LogP) is 5.17. The van der Waals surface area contributed by atoms with Gasteiger partial charge in [-0.05, 0) is 24.3 Å². The van der Waals surface area contributed by atoms with Crippen LogP contribution in [0.5, 0.6) is 0 Å². The smallest absolute Gasteiger partial charge is 0.236 e. The second-order valence-corrected chi connectivity index (χ2v) is 8.33. The fourth-order valence-corrected chi connectivity index (χ4v) is 4.36. The maximum Gasteiger partial charge on any atom is 0.236 e. The van der Waals surface area contributed by atoms with Crippen LogP contribution in [0.3, 0.4) is 0 Å². The summed E-state index contributed by atoms with van der Waals surface area (Å²) in [6.07, 6.45) is 1.61. The van der Waals surface area contributed by atoms with Gasteiger partial charge in [-0.15, -0.1) is 21.5 Å². The third-order valence-corrected chi connectivity index (χ3v) is 5.88. The Hall–Kier alpha value is -2.27. The standard InChI is InChI=1S/C17H9Cl2F2N5OS2/c18-9-4-10(19)15-24-25-17(26(15)5-9)29-7-14(27)23-16-22-13(6-28-16)8-1-2-11(20)12(21)3-8/h1-6H,7H2,(H,22,23,27). The number of amides is 1. The number of hydrogen-bond acceptors (Lipinski definition) is 6. The Labute approximate surface area is 180 Å². The van der Waals surface area contributed by atoms with E-state index in [1.165, 1.54) is 17.4 Å². The van der Waals surface area contributed by atoms with Gasteiger partial charge in [-0.25, -0.2) is 13.8 Å². The van der Waals surface area contributed by atoms with E-state index in [0.717, 1.165) is 23.9 Å². The van der Waals surface area contributed by atoms with Crippen molar-refractivity contribution < 1.29 is 13.6 Å². The lowest BCUT2D eigenvalue weighted by molar-refractivity contribution is -0.113. The lowest BCUT2D eigenvalue weighted by Gasteiger charge is -2.02. The molecule has 0 atom stereocenters. The molecule has 3 heterocycles. The van der Waals surface area contributed by atoms with Crippen LogP contribution in [0.1, 0.15) is 0 Å². The molecular formula is C17H9Cl2F2N5OS2. The van der Waals surface area contributed by atoms with Crippen LogP contribution < -0.4 is 5.32 Å². The first-order chi connectivity index (χ1) is 13.9. The van der Waals surface area contributed by atoms with Gasteiger partial charge in [0.2, 0.25) is 5.91 Å². The van der Waals surface area contributed by atoms with Crippen LogP contribution >= 0.6 is 46.3 Å². The maximum absolute atomic E-state index is 13.4. The molecule has 0 fully saturated rings. The maximum atomic E-state index is 13.4. The second-order valence-electron chi connectivity index (χ2n) is 5.69. The molecule has 29 heavy (non-hydrogen) atoms. The van der Waals surface area contributed by atoms with Gasteiger partial charge in [-0.1, -0.05) is 35.0 Å². The highest BCUT2D eigenvalue weighted by molar-refractivity contribution is 7.99. The number of aromatic nitrogens is 4. The summed E-state index contributed by atoms with van der Waals surface area (Å²) in [5.74, 6) is -2.16. The van der Waals surface area contributed by atoms with E-state index in [1.807, 2.05) is 0 Å². The van der Waals surface area contributed by atoms with Crippen molar-refractivity contribution in [3.63, 3.8) is 0 Å². The molecule has 4 rings (SSSR count). The molecule has 0 aliphatic carbocycles. The highest BCUT2D eigenvalue weighted by atomic mass is 35.5. The van der Waals surface area contributed by atoms with Crippen molar-refractivity contribution in [3.05, 3.63) is 57.5 Å². The Bertz CT molecular complexity index is 1230. The molecule has 4 aromatic rings. The van der Waals surface area contributed by atoms with E-state index < -0.39 is 11.6 Å². The summed E-state index contributed by atoms with van der Waals surface area (Å²) in [6, 6.07) is 5.06. The van der Waals surface area contributed by atoms with Crippen LogP contribution in [-0.2, 0) is 4.79 Å². The largest absolute Gasteiger partial charge is 0.301 e. The van der Waals surface area contributed by atoms with Crippen molar-refractivity contribution in [2.75, 3.05) is 11.1 Å². The molecule has 148 valence electrons.